The first-order chi connectivity index (χ1) is 9.65. The minimum Gasteiger partial charge on any atom is -0.420 e. The van der Waals surface area contributed by atoms with Crippen LogP contribution in [0.4, 0.5) is 14.5 Å². The van der Waals surface area contributed by atoms with Crippen LogP contribution in [0.15, 0.2) is 16.5 Å². The molecule has 0 amide bonds. The molecule has 106 valence electrons. The van der Waals surface area contributed by atoms with E-state index >= 15 is 0 Å². The van der Waals surface area contributed by atoms with Gasteiger partial charge < -0.3 is 10.2 Å². The second-order valence-corrected chi connectivity index (χ2v) is 5.14. The molecule has 1 heterocycles. The smallest absolute Gasteiger partial charge is 0.250 e. The monoisotopic (exact) mass is 279 g/mol. The van der Waals surface area contributed by atoms with Gasteiger partial charge in [-0.1, -0.05) is 19.3 Å². The Bertz CT molecular complexity index is 621. The van der Waals surface area contributed by atoms with Gasteiger partial charge in [0.1, 0.15) is 5.82 Å². The summed E-state index contributed by atoms with van der Waals surface area (Å²) in [5.41, 5.74) is 5.05. The zero-order valence-corrected chi connectivity index (χ0v) is 10.9. The van der Waals surface area contributed by atoms with E-state index in [1.165, 1.54) is 6.42 Å². The molecule has 0 radical (unpaired) electrons. The molecule has 0 unspecified atom stereocenters. The lowest BCUT2D eigenvalue weighted by Crippen LogP contribution is -2.04. The van der Waals surface area contributed by atoms with Crippen LogP contribution in [0, 0.1) is 11.6 Å². The SMILES string of the molecule is Nc1cc(F)cc(-c2nnc(C3CCCCC3)o2)c1F. The quantitative estimate of drug-likeness (QED) is 0.852. The summed E-state index contributed by atoms with van der Waals surface area (Å²) >= 11 is 0. The van der Waals surface area contributed by atoms with Crippen LogP contribution >= 0.6 is 0 Å². The highest BCUT2D eigenvalue weighted by Crippen LogP contribution is 2.34. The fourth-order valence-corrected chi connectivity index (χ4v) is 2.62. The zero-order chi connectivity index (χ0) is 14.1. The number of halogens is 2. The zero-order valence-electron chi connectivity index (χ0n) is 10.9. The number of benzene rings is 1. The minimum absolute atomic E-state index is 0.0192. The van der Waals surface area contributed by atoms with Crippen molar-refractivity contribution in [2.45, 2.75) is 38.0 Å². The van der Waals surface area contributed by atoms with Gasteiger partial charge in [-0.3, -0.25) is 0 Å². The van der Waals surface area contributed by atoms with Crippen LogP contribution in [0.3, 0.4) is 0 Å². The van der Waals surface area contributed by atoms with Crippen LogP contribution in [0.25, 0.3) is 11.5 Å². The molecule has 0 atom stereocenters. The van der Waals surface area contributed by atoms with Gasteiger partial charge in [0.05, 0.1) is 11.3 Å². The van der Waals surface area contributed by atoms with E-state index in [0.717, 1.165) is 37.8 Å². The van der Waals surface area contributed by atoms with Gasteiger partial charge in [-0.15, -0.1) is 10.2 Å². The molecule has 0 bridgehead atoms. The number of hydrogen-bond donors (Lipinski definition) is 1. The normalized spacial score (nSPS) is 16.5. The molecule has 1 saturated carbocycles. The second-order valence-electron chi connectivity index (χ2n) is 5.14. The highest BCUT2D eigenvalue weighted by atomic mass is 19.1. The van der Waals surface area contributed by atoms with E-state index in [0.29, 0.717) is 5.89 Å². The van der Waals surface area contributed by atoms with Crippen LogP contribution in [0.5, 0.6) is 0 Å². The predicted octanol–water partition coefficient (Wildman–Crippen LogP) is 3.64. The van der Waals surface area contributed by atoms with Crippen LogP contribution in [-0.2, 0) is 0 Å². The standard InChI is InChI=1S/C14H15F2N3O/c15-9-6-10(12(16)11(17)7-9)14-19-18-13(20-14)8-4-2-1-3-5-8/h6-8H,1-5,17H2. The van der Waals surface area contributed by atoms with Gasteiger partial charge in [0.15, 0.2) is 5.82 Å². The maximum absolute atomic E-state index is 13.9. The van der Waals surface area contributed by atoms with Gasteiger partial charge in [-0.2, -0.15) is 0 Å². The fraction of sp³-hybridized carbons (Fsp3) is 0.429. The van der Waals surface area contributed by atoms with Crippen LogP contribution in [0.2, 0.25) is 0 Å². The maximum Gasteiger partial charge on any atom is 0.250 e. The Labute approximate surface area is 115 Å². The number of nitrogens with two attached hydrogens (primary N) is 1. The third kappa shape index (κ3) is 2.37. The van der Waals surface area contributed by atoms with Crippen molar-refractivity contribution in [3.8, 4) is 11.5 Å². The third-order valence-electron chi connectivity index (χ3n) is 3.69. The Morgan fingerprint density at radius 2 is 1.85 bits per heavy atom. The van der Waals surface area contributed by atoms with E-state index in [-0.39, 0.29) is 23.1 Å². The Hall–Kier alpha value is -1.98. The van der Waals surface area contributed by atoms with Gasteiger partial charge >= 0.3 is 0 Å². The maximum atomic E-state index is 13.9. The molecule has 0 aliphatic heterocycles. The van der Waals surface area contributed by atoms with Crippen molar-refractivity contribution in [3.63, 3.8) is 0 Å². The van der Waals surface area contributed by atoms with Crippen molar-refractivity contribution in [2.75, 3.05) is 5.73 Å². The van der Waals surface area contributed by atoms with E-state index in [1.807, 2.05) is 0 Å². The summed E-state index contributed by atoms with van der Waals surface area (Å²) in [4.78, 5) is 0. The summed E-state index contributed by atoms with van der Waals surface area (Å²) in [6.07, 6.45) is 5.46. The average molecular weight is 279 g/mol. The predicted molar refractivity (Wildman–Crippen MR) is 69.9 cm³/mol. The van der Waals surface area contributed by atoms with E-state index in [2.05, 4.69) is 10.2 Å². The van der Waals surface area contributed by atoms with E-state index in [1.54, 1.807) is 0 Å². The van der Waals surface area contributed by atoms with Crippen molar-refractivity contribution in [1.29, 1.82) is 0 Å². The molecule has 2 aromatic rings. The highest BCUT2D eigenvalue weighted by molar-refractivity contribution is 5.61. The molecule has 1 aliphatic carbocycles. The summed E-state index contributed by atoms with van der Waals surface area (Å²) in [6.45, 7) is 0. The number of anilines is 1. The van der Waals surface area contributed by atoms with Gasteiger partial charge in [0, 0.05) is 5.92 Å². The number of rotatable bonds is 2. The second kappa shape index (κ2) is 5.19. The first kappa shape index (κ1) is 13.0. The number of nitrogen functional groups attached to an aromatic ring is 1. The number of aromatic nitrogens is 2. The first-order valence-electron chi connectivity index (χ1n) is 6.73. The lowest BCUT2D eigenvalue weighted by molar-refractivity contribution is 0.366. The largest absolute Gasteiger partial charge is 0.420 e. The number of nitrogens with zero attached hydrogens (tertiary/aromatic N) is 2. The van der Waals surface area contributed by atoms with Gasteiger partial charge in [-0.25, -0.2) is 8.78 Å². The fourth-order valence-electron chi connectivity index (χ4n) is 2.62. The van der Waals surface area contributed by atoms with Gasteiger partial charge in [-0.05, 0) is 25.0 Å². The lowest BCUT2D eigenvalue weighted by Gasteiger charge is -2.17. The van der Waals surface area contributed by atoms with Crippen molar-refractivity contribution in [3.05, 3.63) is 29.7 Å². The molecule has 20 heavy (non-hydrogen) atoms. The van der Waals surface area contributed by atoms with Gasteiger partial charge in [0.2, 0.25) is 5.89 Å². The molecule has 2 N–H and O–H groups in total. The molecule has 1 aromatic carbocycles. The van der Waals surface area contributed by atoms with Crippen molar-refractivity contribution < 1.29 is 13.2 Å². The van der Waals surface area contributed by atoms with Gasteiger partial charge in [0.25, 0.3) is 5.89 Å². The highest BCUT2D eigenvalue weighted by Gasteiger charge is 2.23. The molecule has 3 rings (SSSR count). The van der Waals surface area contributed by atoms with Crippen molar-refractivity contribution in [2.24, 2.45) is 0 Å². The lowest BCUT2D eigenvalue weighted by atomic mass is 9.89. The molecule has 1 aromatic heterocycles. The van der Waals surface area contributed by atoms with E-state index in [4.69, 9.17) is 10.2 Å². The molecule has 0 saturated heterocycles. The Morgan fingerprint density at radius 1 is 1.10 bits per heavy atom. The van der Waals surface area contributed by atoms with Crippen LogP contribution in [0.1, 0.15) is 43.9 Å². The molecule has 0 spiro atoms. The van der Waals surface area contributed by atoms with Crippen LogP contribution in [-0.4, -0.2) is 10.2 Å². The molecular formula is C14H15F2N3O. The summed E-state index contributed by atoms with van der Waals surface area (Å²) < 4.78 is 32.7. The van der Waals surface area contributed by atoms with E-state index in [9.17, 15) is 8.78 Å². The molecule has 4 nitrogen and oxygen atoms in total. The molecule has 1 aliphatic rings. The Kier molecular flexibility index (Phi) is 3.38. The van der Waals surface area contributed by atoms with Crippen molar-refractivity contribution in [1.82, 2.24) is 10.2 Å². The molecular weight excluding hydrogens is 264 g/mol. The third-order valence-corrected chi connectivity index (χ3v) is 3.69. The summed E-state index contributed by atoms with van der Waals surface area (Å²) in [7, 11) is 0. The first-order valence-corrected chi connectivity index (χ1v) is 6.73. The Morgan fingerprint density at radius 3 is 2.60 bits per heavy atom. The average Bonchev–Trinajstić information content (AvgIpc) is 2.93. The molecule has 1 fully saturated rings. The summed E-state index contributed by atoms with van der Waals surface area (Å²) in [5.74, 6) is -0.656. The number of hydrogen-bond acceptors (Lipinski definition) is 4. The van der Waals surface area contributed by atoms with Crippen LogP contribution < -0.4 is 5.73 Å². The van der Waals surface area contributed by atoms with E-state index < -0.39 is 11.6 Å². The van der Waals surface area contributed by atoms with Crippen molar-refractivity contribution >= 4 is 5.69 Å². The summed E-state index contributed by atoms with van der Waals surface area (Å²) in [6, 6.07) is 1.95. The topological polar surface area (TPSA) is 64.9 Å². The summed E-state index contributed by atoms with van der Waals surface area (Å²) in [5, 5.41) is 7.80. The Balaban J connectivity index is 1.93. The minimum atomic E-state index is -0.731. The molecule has 6 heteroatoms.